The Labute approximate surface area is 97.7 Å². The largest absolute Gasteiger partial charge is 0.383 e. The number of sulfone groups is 1. The van der Waals surface area contributed by atoms with Crippen LogP contribution in [0.5, 0.6) is 0 Å². The topological polar surface area (TPSA) is 55.4 Å². The third kappa shape index (κ3) is 2.57. The Hall–Kier alpha value is -0.130. The Bertz CT molecular complexity index is 328. The molecule has 3 unspecified atom stereocenters. The summed E-state index contributed by atoms with van der Waals surface area (Å²) in [5.74, 6) is 0.689. The van der Waals surface area contributed by atoms with E-state index < -0.39 is 9.84 Å². The van der Waals surface area contributed by atoms with E-state index in [9.17, 15) is 8.42 Å². The summed E-state index contributed by atoms with van der Waals surface area (Å²) in [6, 6.07) is 0.340. The average molecular weight is 247 g/mol. The molecule has 2 heterocycles. The van der Waals surface area contributed by atoms with Crippen molar-refractivity contribution in [3.05, 3.63) is 0 Å². The highest BCUT2D eigenvalue weighted by Gasteiger charge is 2.39. The first-order valence-corrected chi connectivity index (χ1v) is 7.79. The molecule has 0 amide bonds. The third-order valence-corrected chi connectivity index (χ3v) is 6.18. The summed E-state index contributed by atoms with van der Waals surface area (Å²) >= 11 is 0. The van der Waals surface area contributed by atoms with Gasteiger partial charge in [0.2, 0.25) is 0 Å². The van der Waals surface area contributed by atoms with E-state index >= 15 is 0 Å². The van der Waals surface area contributed by atoms with Gasteiger partial charge in [0.15, 0.2) is 9.84 Å². The van der Waals surface area contributed by atoms with Crippen LogP contribution in [-0.2, 0) is 14.6 Å². The predicted molar refractivity (Wildman–Crippen MR) is 63.2 cm³/mol. The molecule has 2 aliphatic rings. The molecule has 1 N–H and O–H groups in total. The van der Waals surface area contributed by atoms with Crippen LogP contribution in [0.3, 0.4) is 0 Å². The molecule has 2 rings (SSSR count). The fraction of sp³-hybridized carbons (Fsp3) is 1.00. The van der Waals surface area contributed by atoms with Crippen LogP contribution in [0.25, 0.3) is 0 Å². The molecule has 0 saturated carbocycles. The molecule has 0 aromatic heterocycles. The zero-order valence-corrected chi connectivity index (χ0v) is 10.6. The molecule has 16 heavy (non-hydrogen) atoms. The monoisotopic (exact) mass is 247 g/mol. The van der Waals surface area contributed by atoms with E-state index in [1.165, 1.54) is 0 Å². The van der Waals surface area contributed by atoms with Crippen molar-refractivity contribution in [2.45, 2.75) is 37.0 Å². The second-order valence-corrected chi connectivity index (χ2v) is 7.30. The number of ether oxygens (including phenoxy) is 1. The van der Waals surface area contributed by atoms with Gasteiger partial charge in [0.1, 0.15) is 0 Å². The minimum atomic E-state index is -2.83. The normalized spacial score (nSPS) is 38.7. The molecule has 94 valence electrons. The summed E-state index contributed by atoms with van der Waals surface area (Å²) in [7, 11) is -1.14. The highest BCUT2D eigenvalue weighted by atomic mass is 32.2. The van der Waals surface area contributed by atoms with E-state index in [-0.39, 0.29) is 5.25 Å². The lowest BCUT2D eigenvalue weighted by molar-refractivity contribution is 0.172. The van der Waals surface area contributed by atoms with E-state index in [0.717, 1.165) is 32.2 Å². The quantitative estimate of drug-likeness (QED) is 0.792. The van der Waals surface area contributed by atoms with E-state index in [2.05, 4.69) is 5.32 Å². The van der Waals surface area contributed by atoms with Crippen LogP contribution in [0.1, 0.15) is 25.7 Å². The molecule has 2 fully saturated rings. The van der Waals surface area contributed by atoms with Crippen molar-refractivity contribution in [1.82, 2.24) is 5.32 Å². The SMILES string of the molecule is COCC1CC(C2CCCCS2(=O)=O)CN1. The van der Waals surface area contributed by atoms with E-state index in [4.69, 9.17) is 4.74 Å². The summed E-state index contributed by atoms with van der Waals surface area (Å²) in [6.45, 7) is 1.52. The van der Waals surface area contributed by atoms with Gasteiger partial charge < -0.3 is 10.1 Å². The Morgan fingerprint density at radius 2 is 2.19 bits per heavy atom. The Morgan fingerprint density at radius 3 is 2.88 bits per heavy atom. The number of methoxy groups -OCH3 is 1. The van der Waals surface area contributed by atoms with Crippen LogP contribution in [0.2, 0.25) is 0 Å². The molecule has 0 aromatic carbocycles. The highest BCUT2D eigenvalue weighted by Crippen LogP contribution is 2.30. The summed E-state index contributed by atoms with van der Waals surface area (Å²) in [5, 5.41) is 3.25. The first kappa shape index (κ1) is 12.3. The standard InChI is InChI=1S/C11H21NO3S/c1-15-8-10-6-9(7-12-10)11-4-2-3-5-16(11,13)14/h9-12H,2-8H2,1H3. The lowest BCUT2D eigenvalue weighted by Gasteiger charge is -2.26. The van der Waals surface area contributed by atoms with Crippen molar-refractivity contribution in [2.75, 3.05) is 26.0 Å². The molecular formula is C11H21NO3S. The van der Waals surface area contributed by atoms with Gasteiger partial charge in [0.05, 0.1) is 17.6 Å². The predicted octanol–water partition coefficient (Wildman–Crippen LogP) is 0.578. The lowest BCUT2D eigenvalue weighted by Crippen LogP contribution is -2.36. The summed E-state index contributed by atoms with van der Waals surface area (Å²) in [6.07, 6.45) is 3.71. The minimum absolute atomic E-state index is 0.101. The minimum Gasteiger partial charge on any atom is -0.383 e. The molecule has 0 aliphatic carbocycles. The molecular weight excluding hydrogens is 226 g/mol. The summed E-state index contributed by atoms with van der Waals surface area (Å²) in [4.78, 5) is 0. The first-order chi connectivity index (χ1) is 7.63. The Morgan fingerprint density at radius 1 is 1.38 bits per heavy atom. The van der Waals surface area contributed by atoms with Crippen molar-refractivity contribution in [2.24, 2.45) is 5.92 Å². The van der Waals surface area contributed by atoms with Crippen LogP contribution in [0.4, 0.5) is 0 Å². The van der Waals surface area contributed by atoms with E-state index in [1.807, 2.05) is 0 Å². The number of rotatable bonds is 3. The van der Waals surface area contributed by atoms with Crippen molar-refractivity contribution >= 4 is 9.84 Å². The number of hydrogen-bond acceptors (Lipinski definition) is 4. The van der Waals surface area contributed by atoms with Crippen LogP contribution in [-0.4, -0.2) is 45.7 Å². The van der Waals surface area contributed by atoms with Gasteiger partial charge in [-0.3, -0.25) is 0 Å². The maximum atomic E-state index is 12.0. The molecule has 5 heteroatoms. The zero-order valence-electron chi connectivity index (χ0n) is 9.81. The van der Waals surface area contributed by atoms with Gasteiger partial charge in [-0.1, -0.05) is 6.42 Å². The maximum Gasteiger partial charge on any atom is 0.153 e. The van der Waals surface area contributed by atoms with Gasteiger partial charge in [-0.2, -0.15) is 0 Å². The second-order valence-electron chi connectivity index (χ2n) is 4.96. The van der Waals surface area contributed by atoms with Crippen LogP contribution >= 0.6 is 0 Å². The molecule has 0 spiro atoms. The number of nitrogens with one attached hydrogen (secondary N) is 1. The molecule has 0 aromatic rings. The Balaban J connectivity index is 1.97. The molecule has 2 saturated heterocycles. The lowest BCUT2D eigenvalue weighted by atomic mass is 9.97. The first-order valence-electron chi connectivity index (χ1n) is 6.07. The van der Waals surface area contributed by atoms with Crippen LogP contribution in [0, 0.1) is 5.92 Å². The summed E-state index contributed by atoms with van der Waals surface area (Å²) < 4.78 is 29.1. The van der Waals surface area contributed by atoms with Gasteiger partial charge in [-0.05, 0) is 31.7 Å². The fourth-order valence-electron chi connectivity index (χ4n) is 2.97. The molecule has 2 aliphatic heterocycles. The van der Waals surface area contributed by atoms with Gasteiger partial charge in [0.25, 0.3) is 0 Å². The van der Waals surface area contributed by atoms with Crippen molar-refractivity contribution in [3.63, 3.8) is 0 Å². The van der Waals surface area contributed by atoms with Gasteiger partial charge in [-0.25, -0.2) is 8.42 Å². The smallest absolute Gasteiger partial charge is 0.153 e. The Kier molecular flexibility index (Phi) is 3.87. The van der Waals surface area contributed by atoms with Gasteiger partial charge >= 0.3 is 0 Å². The molecule has 3 atom stereocenters. The fourth-order valence-corrected chi connectivity index (χ4v) is 5.20. The van der Waals surface area contributed by atoms with Gasteiger partial charge in [0, 0.05) is 13.2 Å². The number of hydrogen-bond donors (Lipinski definition) is 1. The maximum absolute atomic E-state index is 12.0. The van der Waals surface area contributed by atoms with Crippen molar-refractivity contribution in [3.8, 4) is 0 Å². The molecule has 0 radical (unpaired) electrons. The zero-order chi connectivity index (χ0) is 11.6. The van der Waals surface area contributed by atoms with Gasteiger partial charge in [-0.15, -0.1) is 0 Å². The van der Waals surface area contributed by atoms with E-state index in [1.54, 1.807) is 7.11 Å². The van der Waals surface area contributed by atoms with Crippen LogP contribution < -0.4 is 5.32 Å². The average Bonchev–Trinajstić information content (AvgIpc) is 2.66. The third-order valence-electron chi connectivity index (χ3n) is 3.78. The van der Waals surface area contributed by atoms with E-state index in [0.29, 0.717) is 24.3 Å². The van der Waals surface area contributed by atoms with Crippen molar-refractivity contribution in [1.29, 1.82) is 0 Å². The highest BCUT2D eigenvalue weighted by molar-refractivity contribution is 7.92. The molecule has 0 bridgehead atoms. The summed E-state index contributed by atoms with van der Waals surface area (Å²) in [5.41, 5.74) is 0. The molecule has 4 nitrogen and oxygen atoms in total. The van der Waals surface area contributed by atoms with Crippen LogP contribution in [0.15, 0.2) is 0 Å². The second kappa shape index (κ2) is 5.02. The van der Waals surface area contributed by atoms with Crippen molar-refractivity contribution < 1.29 is 13.2 Å².